The summed E-state index contributed by atoms with van der Waals surface area (Å²) in [7, 11) is 0. The molecule has 1 saturated heterocycles. The molecule has 1 saturated carbocycles. The summed E-state index contributed by atoms with van der Waals surface area (Å²) in [6, 6.07) is 0. The van der Waals surface area contributed by atoms with Gasteiger partial charge in [0.25, 0.3) is 0 Å². The summed E-state index contributed by atoms with van der Waals surface area (Å²) in [6.45, 7) is 6.70. The van der Waals surface area contributed by atoms with E-state index in [0.29, 0.717) is 5.54 Å². The average molecular weight is 302 g/mol. The van der Waals surface area contributed by atoms with Crippen molar-refractivity contribution in [2.75, 3.05) is 19.6 Å². The Hall–Kier alpha value is -1.00. The predicted molar refractivity (Wildman–Crippen MR) is 89.7 cm³/mol. The Labute approximate surface area is 134 Å². The van der Waals surface area contributed by atoms with E-state index in [0.717, 1.165) is 25.3 Å². The van der Waals surface area contributed by atoms with Gasteiger partial charge in [-0.15, -0.1) is 0 Å². The van der Waals surface area contributed by atoms with Crippen LogP contribution in [-0.4, -0.2) is 40.0 Å². The Morgan fingerprint density at radius 1 is 1.05 bits per heavy atom. The van der Waals surface area contributed by atoms with Gasteiger partial charge in [-0.25, -0.2) is 9.97 Å². The largest absolute Gasteiger partial charge is 0.311 e. The molecule has 0 spiro atoms. The summed E-state index contributed by atoms with van der Waals surface area (Å²) in [5.74, 6) is 0.935. The molecule has 1 aromatic rings. The van der Waals surface area contributed by atoms with E-state index in [-0.39, 0.29) is 0 Å². The number of nitrogens with one attached hydrogen (secondary N) is 1. The van der Waals surface area contributed by atoms with Crippen LogP contribution in [0.5, 0.6) is 0 Å². The second-order valence-electron chi connectivity index (χ2n) is 6.94. The van der Waals surface area contributed by atoms with Gasteiger partial charge in [-0.2, -0.15) is 0 Å². The van der Waals surface area contributed by atoms with Crippen LogP contribution in [0.25, 0.3) is 0 Å². The van der Waals surface area contributed by atoms with E-state index in [1.807, 2.05) is 12.4 Å². The minimum absolute atomic E-state index is 0.421. The highest BCUT2D eigenvalue weighted by Crippen LogP contribution is 2.36. The number of hydrogen-bond donors (Lipinski definition) is 1. The molecule has 2 fully saturated rings. The van der Waals surface area contributed by atoms with Crippen molar-refractivity contribution >= 4 is 0 Å². The molecule has 1 aromatic heterocycles. The number of aryl methyl sites for hydroxylation is 1. The number of rotatable bonds is 6. The summed E-state index contributed by atoms with van der Waals surface area (Å²) in [4.78, 5) is 11.6. The van der Waals surface area contributed by atoms with E-state index in [4.69, 9.17) is 0 Å². The Kier molecular flexibility index (Phi) is 5.42. The SMILES string of the molecule is CCc1ncc(CNCC2(N3CCCCC3)CCCC2)cn1. The van der Waals surface area contributed by atoms with E-state index >= 15 is 0 Å². The predicted octanol–water partition coefficient (Wildman–Crippen LogP) is 2.93. The standard InChI is InChI=1S/C18H30N4/c1-2-17-20-13-16(14-21-17)12-19-15-18(8-4-5-9-18)22-10-6-3-7-11-22/h13-14,19H,2-12,15H2,1H3. The first-order chi connectivity index (χ1) is 10.8. The van der Waals surface area contributed by atoms with Crippen molar-refractivity contribution in [3.8, 4) is 0 Å². The zero-order valence-electron chi connectivity index (χ0n) is 14.0. The fourth-order valence-electron chi connectivity index (χ4n) is 4.10. The zero-order valence-corrected chi connectivity index (χ0v) is 14.0. The van der Waals surface area contributed by atoms with Gasteiger partial charge in [-0.1, -0.05) is 26.2 Å². The fourth-order valence-corrected chi connectivity index (χ4v) is 4.10. The number of hydrogen-bond acceptors (Lipinski definition) is 4. The lowest BCUT2D eigenvalue weighted by Gasteiger charge is -2.44. The molecule has 4 heteroatoms. The molecule has 0 radical (unpaired) electrons. The minimum atomic E-state index is 0.421. The second kappa shape index (κ2) is 7.51. The van der Waals surface area contributed by atoms with Crippen molar-refractivity contribution in [1.29, 1.82) is 0 Å². The number of likely N-dealkylation sites (tertiary alicyclic amines) is 1. The van der Waals surface area contributed by atoms with Crippen molar-refractivity contribution in [3.63, 3.8) is 0 Å². The first-order valence-electron chi connectivity index (χ1n) is 9.08. The van der Waals surface area contributed by atoms with Crippen molar-refractivity contribution in [3.05, 3.63) is 23.8 Å². The van der Waals surface area contributed by atoms with Gasteiger partial charge in [0.2, 0.25) is 0 Å². The Bertz CT molecular complexity index is 445. The third-order valence-electron chi connectivity index (χ3n) is 5.42. The van der Waals surface area contributed by atoms with Gasteiger partial charge in [-0.05, 0) is 38.8 Å². The molecule has 122 valence electrons. The van der Waals surface area contributed by atoms with Crippen LogP contribution >= 0.6 is 0 Å². The molecule has 1 N–H and O–H groups in total. The van der Waals surface area contributed by atoms with Crippen LogP contribution in [0.2, 0.25) is 0 Å². The van der Waals surface area contributed by atoms with E-state index < -0.39 is 0 Å². The van der Waals surface area contributed by atoms with E-state index in [1.165, 1.54) is 63.6 Å². The van der Waals surface area contributed by atoms with Crippen LogP contribution in [0.3, 0.4) is 0 Å². The first-order valence-corrected chi connectivity index (χ1v) is 9.08. The van der Waals surface area contributed by atoms with Gasteiger partial charge in [0.15, 0.2) is 0 Å². The van der Waals surface area contributed by atoms with Crippen molar-refractivity contribution in [2.45, 2.75) is 70.4 Å². The molecular formula is C18H30N4. The van der Waals surface area contributed by atoms with E-state index in [9.17, 15) is 0 Å². The summed E-state index contributed by atoms with van der Waals surface area (Å²) >= 11 is 0. The Balaban J connectivity index is 1.55. The van der Waals surface area contributed by atoms with Crippen molar-refractivity contribution < 1.29 is 0 Å². The summed E-state index contributed by atoms with van der Waals surface area (Å²) in [5.41, 5.74) is 1.62. The maximum atomic E-state index is 4.39. The fraction of sp³-hybridized carbons (Fsp3) is 0.778. The van der Waals surface area contributed by atoms with Gasteiger partial charge in [0.1, 0.15) is 5.82 Å². The summed E-state index contributed by atoms with van der Waals surface area (Å²) in [5, 5.41) is 3.70. The average Bonchev–Trinajstić information content (AvgIpc) is 3.06. The third kappa shape index (κ3) is 3.66. The highest BCUT2D eigenvalue weighted by atomic mass is 15.2. The molecule has 4 nitrogen and oxygen atoms in total. The molecule has 0 atom stereocenters. The quantitative estimate of drug-likeness (QED) is 0.877. The van der Waals surface area contributed by atoms with Gasteiger partial charge in [-0.3, -0.25) is 4.90 Å². The number of aromatic nitrogens is 2. The highest BCUT2D eigenvalue weighted by molar-refractivity contribution is 5.06. The molecule has 1 aliphatic heterocycles. The van der Waals surface area contributed by atoms with Crippen molar-refractivity contribution in [1.82, 2.24) is 20.2 Å². The Morgan fingerprint density at radius 2 is 1.73 bits per heavy atom. The van der Waals surface area contributed by atoms with Crippen LogP contribution in [-0.2, 0) is 13.0 Å². The smallest absolute Gasteiger partial charge is 0.127 e. The molecule has 0 unspecified atom stereocenters. The minimum Gasteiger partial charge on any atom is -0.311 e. The number of piperidine rings is 1. The lowest BCUT2D eigenvalue weighted by Crippen LogP contribution is -2.54. The normalized spacial score (nSPS) is 22.0. The van der Waals surface area contributed by atoms with Gasteiger partial charge < -0.3 is 5.32 Å². The molecule has 22 heavy (non-hydrogen) atoms. The molecule has 2 heterocycles. The summed E-state index contributed by atoms with van der Waals surface area (Å²) in [6.07, 6.45) is 14.6. The molecule has 3 rings (SSSR count). The molecule has 0 aromatic carbocycles. The molecule has 1 aliphatic carbocycles. The molecular weight excluding hydrogens is 272 g/mol. The van der Waals surface area contributed by atoms with Gasteiger partial charge in [0.05, 0.1) is 0 Å². The topological polar surface area (TPSA) is 41.1 Å². The van der Waals surface area contributed by atoms with Crippen LogP contribution < -0.4 is 5.32 Å². The van der Waals surface area contributed by atoms with Crippen molar-refractivity contribution in [2.24, 2.45) is 0 Å². The maximum absolute atomic E-state index is 4.39. The van der Waals surface area contributed by atoms with Crippen LogP contribution in [0, 0.1) is 0 Å². The van der Waals surface area contributed by atoms with Crippen LogP contribution in [0.1, 0.15) is 63.3 Å². The second-order valence-corrected chi connectivity index (χ2v) is 6.94. The third-order valence-corrected chi connectivity index (χ3v) is 5.42. The molecule has 0 bridgehead atoms. The van der Waals surface area contributed by atoms with E-state index in [1.54, 1.807) is 0 Å². The monoisotopic (exact) mass is 302 g/mol. The van der Waals surface area contributed by atoms with Gasteiger partial charge >= 0.3 is 0 Å². The number of nitrogens with zero attached hydrogens (tertiary/aromatic N) is 3. The summed E-state index contributed by atoms with van der Waals surface area (Å²) < 4.78 is 0. The highest BCUT2D eigenvalue weighted by Gasteiger charge is 2.39. The zero-order chi connectivity index (χ0) is 15.3. The van der Waals surface area contributed by atoms with Crippen LogP contribution in [0.4, 0.5) is 0 Å². The molecule has 0 amide bonds. The first kappa shape index (κ1) is 15.9. The lowest BCUT2D eigenvalue weighted by atomic mass is 9.92. The van der Waals surface area contributed by atoms with E-state index in [2.05, 4.69) is 27.1 Å². The maximum Gasteiger partial charge on any atom is 0.127 e. The van der Waals surface area contributed by atoms with Gasteiger partial charge in [0, 0.05) is 43.0 Å². The Morgan fingerprint density at radius 3 is 2.36 bits per heavy atom. The van der Waals surface area contributed by atoms with Crippen LogP contribution in [0.15, 0.2) is 12.4 Å². The molecule has 2 aliphatic rings. The lowest BCUT2D eigenvalue weighted by molar-refractivity contribution is 0.0696.